The summed E-state index contributed by atoms with van der Waals surface area (Å²) in [4.78, 5) is 2.02. The highest BCUT2D eigenvalue weighted by molar-refractivity contribution is 9.09. The summed E-state index contributed by atoms with van der Waals surface area (Å²) < 4.78 is 13.7. The molecule has 0 heterocycles. The maximum absolute atomic E-state index is 13.7. The standard InChI is InChI=1S/C14H21BrFN/c1-4-14(5-2,10-15)11-17(3)13-9-7-6-8-12(13)16/h6-9H,4-5,10-11H2,1-3H3. The van der Waals surface area contributed by atoms with Gasteiger partial charge in [0.15, 0.2) is 0 Å². The fourth-order valence-electron chi connectivity index (χ4n) is 2.05. The maximum atomic E-state index is 13.7. The molecule has 0 amide bonds. The molecule has 0 fully saturated rings. The van der Waals surface area contributed by atoms with E-state index >= 15 is 0 Å². The van der Waals surface area contributed by atoms with Crippen molar-refractivity contribution in [2.24, 2.45) is 5.41 Å². The van der Waals surface area contributed by atoms with Crippen LogP contribution in [0.15, 0.2) is 24.3 Å². The minimum atomic E-state index is -0.148. The highest BCUT2D eigenvalue weighted by Gasteiger charge is 2.27. The molecule has 0 atom stereocenters. The van der Waals surface area contributed by atoms with Crippen LogP contribution in [0.5, 0.6) is 0 Å². The van der Waals surface area contributed by atoms with Gasteiger partial charge < -0.3 is 4.90 Å². The minimum absolute atomic E-state index is 0.148. The predicted molar refractivity (Wildman–Crippen MR) is 76.5 cm³/mol. The molecular formula is C14H21BrFN. The highest BCUT2D eigenvalue weighted by atomic mass is 79.9. The summed E-state index contributed by atoms with van der Waals surface area (Å²) in [6.45, 7) is 5.26. The molecule has 0 bridgehead atoms. The molecule has 0 saturated heterocycles. The molecule has 17 heavy (non-hydrogen) atoms. The largest absolute Gasteiger partial charge is 0.372 e. The first-order chi connectivity index (χ1) is 8.08. The third-order valence-electron chi connectivity index (χ3n) is 3.62. The SMILES string of the molecule is CCC(CC)(CBr)CN(C)c1ccccc1F. The summed E-state index contributed by atoms with van der Waals surface area (Å²) in [5.74, 6) is -0.148. The molecule has 3 heteroatoms. The first-order valence-corrected chi connectivity index (χ1v) is 7.22. The third-order valence-corrected chi connectivity index (χ3v) is 4.81. The number of rotatable bonds is 6. The molecular weight excluding hydrogens is 281 g/mol. The van der Waals surface area contributed by atoms with Gasteiger partial charge in [-0.05, 0) is 30.4 Å². The molecule has 1 aromatic rings. The summed E-state index contributed by atoms with van der Waals surface area (Å²) >= 11 is 3.59. The van der Waals surface area contributed by atoms with Gasteiger partial charge in [0.1, 0.15) is 5.82 Å². The van der Waals surface area contributed by atoms with Gasteiger partial charge >= 0.3 is 0 Å². The van der Waals surface area contributed by atoms with E-state index in [9.17, 15) is 4.39 Å². The van der Waals surface area contributed by atoms with Crippen LogP contribution in [0.4, 0.5) is 10.1 Å². The van der Waals surface area contributed by atoms with E-state index in [1.165, 1.54) is 6.07 Å². The van der Waals surface area contributed by atoms with E-state index in [4.69, 9.17) is 0 Å². The van der Waals surface area contributed by atoms with Crippen molar-refractivity contribution in [2.45, 2.75) is 26.7 Å². The fourth-order valence-corrected chi connectivity index (χ4v) is 3.02. The van der Waals surface area contributed by atoms with Gasteiger partial charge in [-0.3, -0.25) is 0 Å². The van der Waals surface area contributed by atoms with Crippen molar-refractivity contribution >= 4 is 21.6 Å². The molecule has 0 aliphatic heterocycles. The molecule has 1 aromatic carbocycles. The van der Waals surface area contributed by atoms with Gasteiger partial charge in [0.05, 0.1) is 5.69 Å². The van der Waals surface area contributed by atoms with Gasteiger partial charge in [0.2, 0.25) is 0 Å². The Kier molecular flexibility index (Phi) is 5.44. The molecule has 0 unspecified atom stereocenters. The highest BCUT2D eigenvalue weighted by Crippen LogP contribution is 2.31. The molecule has 1 rings (SSSR count). The Labute approximate surface area is 112 Å². The molecule has 0 aliphatic carbocycles. The average molecular weight is 302 g/mol. The number of nitrogens with zero attached hydrogens (tertiary/aromatic N) is 1. The van der Waals surface area contributed by atoms with E-state index in [0.29, 0.717) is 5.69 Å². The zero-order valence-corrected chi connectivity index (χ0v) is 12.4. The van der Waals surface area contributed by atoms with Crippen molar-refractivity contribution in [3.8, 4) is 0 Å². The molecule has 0 saturated carbocycles. The first-order valence-electron chi connectivity index (χ1n) is 6.10. The quantitative estimate of drug-likeness (QED) is 0.701. The number of anilines is 1. The Balaban J connectivity index is 2.84. The van der Waals surface area contributed by atoms with E-state index < -0.39 is 0 Å². The van der Waals surface area contributed by atoms with Crippen molar-refractivity contribution in [3.05, 3.63) is 30.1 Å². The van der Waals surface area contributed by atoms with E-state index in [2.05, 4.69) is 29.8 Å². The van der Waals surface area contributed by atoms with Crippen LogP contribution in [-0.4, -0.2) is 18.9 Å². The maximum Gasteiger partial charge on any atom is 0.146 e. The van der Waals surface area contributed by atoms with Gasteiger partial charge in [-0.15, -0.1) is 0 Å². The Hall–Kier alpha value is -0.570. The molecule has 96 valence electrons. The van der Waals surface area contributed by atoms with Crippen molar-refractivity contribution in [2.75, 3.05) is 23.8 Å². The fraction of sp³-hybridized carbons (Fsp3) is 0.571. The lowest BCUT2D eigenvalue weighted by Crippen LogP contribution is -2.36. The molecule has 0 N–H and O–H groups in total. The van der Waals surface area contributed by atoms with Crippen molar-refractivity contribution in [3.63, 3.8) is 0 Å². The van der Waals surface area contributed by atoms with Gasteiger partial charge in [-0.2, -0.15) is 0 Å². The lowest BCUT2D eigenvalue weighted by Gasteiger charge is -2.35. The van der Waals surface area contributed by atoms with E-state index in [0.717, 1.165) is 24.7 Å². The van der Waals surface area contributed by atoms with Crippen LogP contribution in [0.2, 0.25) is 0 Å². The zero-order chi connectivity index (χ0) is 12.9. The lowest BCUT2D eigenvalue weighted by atomic mass is 9.84. The minimum Gasteiger partial charge on any atom is -0.372 e. The number of hydrogen-bond acceptors (Lipinski definition) is 1. The smallest absolute Gasteiger partial charge is 0.146 e. The summed E-state index contributed by atoms with van der Waals surface area (Å²) in [5, 5.41) is 0.950. The summed E-state index contributed by atoms with van der Waals surface area (Å²) in [6.07, 6.45) is 2.18. The van der Waals surface area contributed by atoms with E-state index in [1.54, 1.807) is 6.07 Å². The summed E-state index contributed by atoms with van der Waals surface area (Å²) in [6, 6.07) is 6.95. The molecule has 0 aliphatic rings. The Morgan fingerprint density at radius 3 is 2.29 bits per heavy atom. The Morgan fingerprint density at radius 1 is 1.24 bits per heavy atom. The van der Waals surface area contributed by atoms with Crippen molar-refractivity contribution < 1.29 is 4.39 Å². The molecule has 0 spiro atoms. The second-order valence-electron chi connectivity index (χ2n) is 4.65. The Bertz CT molecular complexity index is 342. The average Bonchev–Trinajstić information content (AvgIpc) is 2.36. The van der Waals surface area contributed by atoms with E-state index in [-0.39, 0.29) is 11.2 Å². The number of hydrogen-bond donors (Lipinski definition) is 0. The van der Waals surface area contributed by atoms with Crippen LogP contribution in [-0.2, 0) is 0 Å². The van der Waals surface area contributed by atoms with Gasteiger partial charge in [0.25, 0.3) is 0 Å². The summed E-state index contributed by atoms with van der Waals surface area (Å²) in [5.41, 5.74) is 0.900. The van der Waals surface area contributed by atoms with Crippen LogP contribution in [0.1, 0.15) is 26.7 Å². The second-order valence-corrected chi connectivity index (χ2v) is 5.21. The third kappa shape index (κ3) is 3.44. The topological polar surface area (TPSA) is 3.24 Å². The number of halogens is 2. The predicted octanol–water partition coefficient (Wildman–Crippen LogP) is 4.46. The monoisotopic (exact) mass is 301 g/mol. The number of benzene rings is 1. The van der Waals surface area contributed by atoms with Gasteiger partial charge in [0, 0.05) is 18.9 Å². The second kappa shape index (κ2) is 6.39. The molecule has 0 aromatic heterocycles. The lowest BCUT2D eigenvalue weighted by molar-refractivity contribution is 0.315. The normalized spacial score (nSPS) is 11.6. The number of para-hydroxylation sites is 1. The van der Waals surface area contributed by atoms with Crippen LogP contribution in [0.25, 0.3) is 0 Å². The molecule has 1 nitrogen and oxygen atoms in total. The van der Waals surface area contributed by atoms with Gasteiger partial charge in [-0.25, -0.2) is 4.39 Å². The van der Waals surface area contributed by atoms with Gasteiger partial charge in [-0.1, -0.05) is 41.9 Å². The van der Waals surface area contributed by atoms with Crippen LogP contribution >= 0.6 is 15.9 Å². The van der Waals surface area contributed by atoms with E-state index in [1.807, 2.05) is 24.1 Å². The van der Waals surface area contributed by atoms with Crippen LogP contribution in [0.3, 0.4) is 0 Å². The van der Waals surface area contributed by atoms with Crippen LogP contribution in [0, 0.1) is 11.2 Å². The van der Waals surface area contributed by atoms with Crippen LogP contribution < -0.4 is 4.90 Å². The van der Waals surface area contributed by atoms with Crippen molar-refractivity contribution in [1.82, 2.24) is 0 Å². The zero-order valence-electron chi connectivity index (χ0n) is 10.8. The van der Waals surface area contributed by atoms with Crippen molar-refractivity contribution in [1.29, 1.82) is 0 Å². The first kappa shape index (κ1) is 14.5. The molecule has 0 radical (unpaired) electrons. The number of alkyl halides is 1. The summed E-state index contributed by atoms with van der Waals surface area (Å²) in [7, 11) is 1.96. The Morgan fingerprint density at radius 2 is 1.82 bits per heavy atom.